The smallest absolute Gasteiger partial charge is 0.277 e. The number of carbonyl (C=O) groups is 1. The van der Waals surface area contributed by atoms with Crippen LogP contribution >= 0.6 is 23.4 Å². The summed E-state index contributed by atoms with van der Waals surface area (Å²) in [5.41, 5.74) is 1.90. The normalized spacial score (nSPS) is 12.1. The van der Waals surface area contributed by atoms with E-state index in [1.54, 1.807) is 12.1 Å². The van der Waals surface area contributed by atoms with E-state index < -0.39 is 0 Å². The highest BCUT2D eigenvalue weighted by Gasteiger charge is 2.17. The Balaban J connectivity index is 1.58. The lowest BCUT2D eigenvalue weighted by Gasteiger charge is -2.21. The molecule has 0 spiro atoms. The molecule has 146 valence electrons. The van der Waals surface area contributed by atoms with Crippen molar-refractivity contribution >= 4 is 29.3 Å². The Hall–Kier alpha value is -2.31. The highest BCUT2D eigenvalue weighted by atomic mass is 35.5. The Bertz CT molecular complexity index is 898. The monoisotopic (exact) mass is 415 g/mol. The second-order valence-electron chi connectivity index (χ2n) is 6.83. The molecule has 0 saturated carbocycles. The van der Waals surface area contributed by atoms with Gasteiger partial charge in [0.25, 0.3) is 5.22 Å². The van der Waals surface area contributed by atoms with Crippen LogP contribution in [0.3, 0.4) is 0 Å². The van der Waals surface area contributed by atoms with E-state index in [0.29, 0.717) is 22.1 Å². The Morgan fingerprint density at radius 2 is 1.82 bits per heavy atom. The van der Waals surface area contributed by atoms with Crippen molar-refractivity contribution in [2.45, 2.75) is 31.5 Å². The molecule has 0 radical (unpaired) electrons. The first-order valence-corrected chi connectivity index (χ1v) is 10.4. The molecule has 3 aromatic rings. The zero-order valence-electron chi connectivity index (χ0n) is 15.8. The van der Waals surface area contributed by atoms with Crippen molar-refractivity contribution in [1.29, 1.82) is 0 Å². The van der Waals surface area contributed by atoms with Crippen molar-refractivity contribution in [2.75, 3.05) is 5.75 Å². The minimum atomic E-state index is -0.0641. The zero-order valence-corrected chi connectivity index (χ0v) is 17.3. The SMILES string of the molecule is CC(C)C[C@H](NC(=O)CSc1nnc(-c2ccc(Cl)cc2)o1)c1ccccc1. The molecule has 28 heavy (non-hydrogen) atoms. The summed E-state index contributed by atoms with van der Waals surface area (Å²) in [7, 11) is 0. The standard InChI is InChI=1S/C21H22ClN3O2S/c1-14(2)12-18(15-6-4-3-5-7-15)23-19(26)13-28-21-25-24-20(27-21)16-8-10-17(22)11-9-16/h3-11,14,18H,12-13H2,1-2H3,(H,23,26)/t18-/m0/s1. The number of rotatable bonds is 8. The van der Waals surface area contributed by atoms with Crippen LogP contribution in [-0.4, -0.2) is 21.9 Å². The first kappa shape index (κ1) is 20.4. The van der Waals surface area contributed by atoms with Crippen LogP contribution in [0.2, 0.25) is 5.02 Å². The quantitative estimate of drug-likeness (QED) is 0.500. The average molecular weight is 416 g/mol. The molecule has 0 aliphatic carbocycles. The van der Waals surface area contributed by atoms with Gasteiger partial charge in [0.15, 0.2) is 0 Å². The van der Waals surface area contributed by atoms with Crippen molar-refractivity contribution in [1.82, 2.24) is 15.5 Å². The van der Waals surface area contributed by atoms with Crippen molar-refractivity contribution in [3.05, 3.63) is 65.2 Å². The van der Waals surface area contributed by atoms with Gasteiger partial charge in [0, 0.05) is 10.6 Å². The van der Waals surface area contributed by atoms with E-state index in [1.807, 2.05) is 42.5 Å². The maximum atomic E-state index is 12.5. The topological polar surface area (TPSA) is 68.0 Å². The molecule has 1 N–H and O–H groups in total. The Labute approximate surface area is 173 Å². The number of benzene rings is 2. The molecule has 3 rings (SSSR count). The lowest BCUT2D eigenvalue weighted by atomic mass is 9.97. The lowest BCUT2D eigenvalue weighted by molar-refractivity contribution is -0.119. The minimum Gasteiger partial charge on any atom is -0.411 e. The van der Waals surface area contributed by atoms with Crippen molar-refractivity contribution in [2.24, 2.45) is 5.92 Å². The van der Waals surface area contributed by atoms with Gasteiger partial charge in [0.05, 0.1) is 11.8 Å². The maximum absolute atomic E-state index is 12.5. The molecule has 2 aromatic carbocycles. The number of hydrogen-bond acceptors (Lipinski definition) is 5. The van der Waals surface area contributed by atoms with Gasteiger partial charge in [-0.2, -0.15) is 0 Å². The van der Waals surface area contributed by atoms with Gasteiger partial charge < -0.3 is 9.73 Å². The first-order valence-electron chi connectivity index (χ1n) is 9.08. The summed E-state index contributed by atoms with van der Waals surface area (Å²) >= 11 is 7.12. The maximum Gasteiger partial charge on any atom is 0.277 e. The fourth-order valence-corrected chi connectivity index (χ4v) is 3.48. The largest absolute Gasteiger partial charge is 0.411 e. The van der Waals surface area contributed by atoms with E-state index in [-0.39, 0.29) is 17.7 Å². The molecule has 0 bridgehead atoms. The van der Waals surface area contributed by atoms with E-state index in [4.69, 9.17) is 16.0 Å². The molecule has 0 saturated heterocycles. The lowest BCUT2D eigenvalue weighted by Crippen LogP contribution is -2.30. The summed E-state index contributed by atoms with van der Waals surface area (Å²) in [5, 5.41) is 12.2. The van der Waals surface area contributed by atoms with E-state index in [9.17, 15) is 4.79 Å². The Kier molecular flexibility index (Phi) is 7.12. The van der Waals surface area contributed by atoms with Crippen LogP contribution in [0, 0.1) is 5.92 Å². The summed E-state index contributed by atoms with van der Waals surface area (Å²) in [5.74, 6) is 1.02. The highest BCUT2D eigenvalue weighted by Crippen LogP contribution is 2.25. The van der Waals surface area contributed by atoms with Crippen LogP contribution in [0.5, 0.6) is 0 Å². The summed E-state index contributed by atoms with van der Waals surface area (Å²) in [6, 6.07) is 17.2. The minimum absolute atomic E-state index is 0.0124. The third kappa shape index (κ3) is 5.84. The first-order chi connectivity index (χ1) is 13.5. The second-order valence-corrected chi connectivity index (χ2v) is 8.19. The average Bonchev–Trinajstić information content (AvgIpc) is 3.16. The van der Waals surface area contributed by atoms with Crippen LogP contribution in [0.1, 0.15) is 31.9 Å². The van der Waals surface area contributed by atoms with Gasteiger partial charge in [0.2, 0.25) is 11.8 Å². The zero-order chi connectivity index (χ0) is 19.9. The van der Waals surface area contributed by atoms with Gasteiger partial charge in [-0.05, 0) is 42.2 Å². The molecule has 5 nitrogen and oxygen atoms in total. The number of hydrogen-bond donors (Lipinski definition) is 1. The molecule has 0 aliphatic heterocycles. The molecule has 1 heterocycles. The van der Waals surface area contributed by atoms with Gasteiger partial charge in [-0.25, -0.2) is 0 Å². The molecule has 1 aromatic heterocycles. The van der Waals surface area contributed by atoms with E-state index in [2.05, 4.69) is 29.4 Å². The predicted octanol–water partition coefficient (Wildman–Crippen LogP) is 5.39. The Morgan fingerprint density at radius 3 is 2.50 bits per heavy atom. The summed E-state index contributed by atoms with van der Waals surface area (Å²) in [6.45, 7) is 4.29. The fraction of sp³-hybridized carbons (Fsp3) is 0.286. The van der Waals surface area contributed by atoms with E-state index in [0.717, 1.165) is 17.5 Å². The van der Waals surface area contributed by atoms with Crippen LogP contribution < -0.4 is 5.32 Å². The van der Waals surface area contributed by atoms with Gasteiger partial charge in [-0.15, -0.1) is 10.2 Å². The van der Waals surface area contributed by atoms with Crippen molar-refractivity contribution in [3.63, 3.8) is 0 Å². The Morgan fingerprint density at radius 1 is 1.11 bits per heavy atom. The molecular weight excluding hydrogens is 394 g/mol. The molecule has 1 amide bonds. The molecule has 7 heteroatoms. The third-order valence-corrected chi connectivity index (χ3v) is 5.14. The van der Waals surface area contributed by atoms with Crippen molar-refractivity contribution < 1.29 is 9.21 Å². The summed E-state index contributed by atoms with van der Waals surface area (Å²) in [6.07, 6.45) is 0.877. The van der Waals surface area contributed by atoms with E-state index >= 15 is 0 Å². The number of nitrogens with one attached hydrogen (secondary N) is 1. The van der Waals surface area contributed by atoms with Crippen molar-refractivity contribution in [3.8, 4) is 11.5 Å². The summed E-state index contributed by atoms with van der Waals surface area (Å²) in [4.78, 5) is 12.5. The van der Waals surface area contributed by atoms with Crippen LogP contribution in [0.25, 0.3) is 11.5 Å². The summed E-state index contributed by atoms with van der Waals surface area (Å²) < 4.78 is 5.63. The highest BCUT2D eigenvalue weighted by molar-refractivity contribution is 7.99. The van der Waals surface area contributed by atoms with Crippen LogP contribution in [-0.2, 0) is 4.79 Å². The van der Waals surface area contributed by atoms with Gasteiger partial charge in [-0.1, -0.05) is 67.5 Å². The molecule has 0 aliphatic rings. The number of halogens is 1. The number of carbonyl (C=O) groups excluding carboxylic acids is 1. The van der Waals surface area contributed by atoms with Crippen LogP contribution in [0.4, 0.5) is 0 Å². The fourth-order valence-electron chi connectivity index (χ4n) is 2.78. The number of nitrogens with zero attached hydrogens (tertiary/aromatic N) is 2. The molecular formula is C21H22ClN3O2S. The van der Waals surface area contributed by atoms with Gasteiger partial charge in [0.1, 0.15) is 0 Å². The molecule has 1 atom stereocenters. The number of amides is 1. The number of aromatic nitrogens is 2. The van der Waals surface area contributed by atoms with Gasteiger partial charge >= 0.3 is 0 Å². The second kappa shape index (κ2) is 9.75. The predicted molar refractivity (Wildman–Crippen MR) is 112 cm³/mol. The third-order valence-electron chi connectivity index (χ3n) is 4.07. The van der Waals surface area contributed by atoms with Gasteiger partial charge in [-0.3, -0.25) is 4.79 Å². The molecule has 0 unspecified atom stereocenters. The molecule has 0 fully saturated rings. The van der Waals surface area contributed by atoms with E-state index in [1.165, 1.54) is 11.8 Å². The number of thioether (sulfide) groups is 1. The van der Waals surface area contributed by atoms with Crippen LogP contribution in [0.15, 0.2) is 64.2 Å².